The van der Waals surface area contributed by atoms with Crippen molar-refractivity contribution in [3.63, 3.8) is 0 Å². The van der Waals surface area contributed by atoms with Crippen LogP contribution >= 0.6 is 0 Å². The van der Waals surface area contributed by atoms with Crippen LogP contribution in [0.3, 0.4) is 0 Å². The third kappa shape index (κ3) is 9.21. The number of likely N-dealkylation sites (tertiary alicyclic amines) is 1. The van der Waals surface area contributed by atoms with Gasteiger partial charge in [0.15, 0.2) is 0 Å². The van der Waals surface area contributed by atoms with Crippen LogP contribution in [-0.2, 0) is 30.3 Å². The van der Waals surface area contributed by atoms with Gasteiger partial charge >= 0.3 is 0 Å². The highest BCUT2D eigenvalue weighted by Gasteiger charge is 2.42. The third-order valence-electron chi connectivity index (χ3n) is 8.72. The number of carbonyl (C=O) groups is 3. The van der Waals surface area contributed by atoms with Gasteiger partial charge in [-0.25, -0.2) is 0 Å². The molecular formula is C31H53N5O5. The molecule has 0 saturated carbocycles. The number of methoxy groups -OCH3 is 2. The second kappa shape index (κ2) is 16.8. The molecule has 1 aliphatic rings. The lowest BCUT2D eigenvalue weighted by Gasteiger charge is -2.40. The predicted octanol–water partition coefficient (Wildman–Crippen LogP) is 2.64. The van der Waals surface area contributed by atoms with Crippen molar-refractivity contribution in [3.05, 3.63) is 30.1 Å². The smallest absolute Gasteiger partial charge is 0.239 e. The molecule has 0 unspecified atom stereocenters. The molecule has 0 aromatic carbocycles. The Morgan fingerprint density at radius 1 is 1.15 bits per heavy atom. The van der Waals surface area contributed by atoms with Crippen LogP contribution in [0.25, 0.3) is 0 Å². The van der Waals surface area contributed by atoms with Gasteiger partial charge in [-0.3, -0.25) is 19.4 Å². The minimum absolute atomic E-state index is 0.00340. The second-order valence-corrected chi connectivity index (χ2v) is 11.8. The maximum absolute atomic E-state index is 13.8. The van der Waals surface area contributed by atoms with Gasteiger partial charge in [-0.05, 0) is 48.8 Å². The predicted molar refractivity (Wildman–Crippen MR) is 160 cm³/mol. The fourth-order valence-corrected chi connectivity index (χ4v) is 5.87. The molecule has 232 valence electrons. The van der Waals surface area contributed by atoms with Crippen molar-refractivity contribution < 1.29 is 23.9 Å². The SMILES string of the molecule is CC[C@H](C)[C@@H]([C@@H](CC(=O)N1CCC[C@H]1[C@H](OC)[C@@H](C)C(=O)NCCc1ccncc1)OC)N(C)C(=O)[C@@H](N)C(C)C. The van der Waals surface area contributed by atoms with Gasteiger partial charge in [-0.15, -0.1) is 0 Å². The van der Waals surface area contributed by atoms with E-state index < -0.39 is 24.2 Å². The van der Waals surface area contributed by atoms with E-state index in [1.165, 1.54) is 0 Å². The van der Waals surface area contributed by atoms with Gasteiger partial charge in [-0.2, -0.15) is 0 Å². The lowest BCUT2D eigenvalue weighted by Crippen LogP contribution is -2.56. The highest BCUT2D eigenvalue weighted by atomic mass is 16.5. The molecule has 0 aliphatic carbocycles. The number of nitrogens with one attached hydrogen (secondary N) is 1. The van der Waals surface area contributed by atoms with Crippen LogP contribution in [0.1, 0.15) is 65.9 Å². The molecule has 2 heterocycles. The normalized spacial score (nSPS) is 19.8. The maximum atomic E-state index is 13.8. The molecule has 10 heteroatoms. The number of likely N-dealkylation sites (N-methyl/N-ethyl adjacent to an activating group) is 1. The number of nitrogens with zero attached hydrogens (tertiary/aromatic N) is 3. The number of hydrogen-bond donors (Lipinski definition) is 2. The highest BCUT2D eigenvalue weighted by Crippen LogP contribution is 2.29. The summed E-state index contributed by atoms with van der Waals surface area (Å²) in [4.78, 5) is 47.6. The van der Waals surface area contributed by atoms with Crippen molar-refractivity contribution in [2.24, 2.45) is 23.5 Å². The van der Waals surface area contributed by atoms with Crippen LogP contribution in [0.5, 0.6) is 0 Å². The minimum atomic E-state index is -0.623. The molecule has 2 rings (SSSR count). The summed E-state index contributed by atoms with van der Waals surface area (Å²) < 4.78 is 11.7. The van der Waals surface area contributed by atoms with Gasteiger partial charge in [0.1, 0.15) is 0 Å². The Labute approximate surface area is 246 Å². The van der Waals surface area contributed by atoms with Crippen molar-refractivity contribution in [1.29, 1.82) is 0 Å². The van der Waals surface area contributed by atoms with E-state index in [2.05, 4.69) is 24.1 Å². The molecule has 0 spiro atoms. The van der Waals surface area contributed by atoms with E-state index >= 15 is 0 Å². The first-order chi connectivity index (χ1) is 19.5. The fourth-order valence-electron chi connectivity index (χ4n) is 5.87. The van der Waals surface area contributed by atoms with Crippen molar-refractivity contribution >= 4 is 17.7 Å². The molecule has 41 heavy (non-hydrogen) atoms. The molecule has 7 atom stereocenters. The topological polar surface area (TPSA) is 127 Å². The number of rotatable bonds is 16. The minimum Gasteiger partial charge on any atom is -0.379 e. The van der Waals surface area contributed by atoms with Crippen LogP contribution in [0.2, 0.25) is 0 Å². The number of nitrogens with two attached hydrogens (primary N) is 1. The average molecular weight is 576 g/mol. The van der Waals surface area contributed by atoms with Crippen molar-refractivity contribution in [2.45, 2.75) is 97.1 Å². The molecule has 3 N–H and O–H groups in total. The molecule has 1 aliphatic heterocycles. The van der Waals surface area contributed by atoms with Gasteiger partial charge in [0.05, 0.1) is 42.7 Å². The molecule has 1 aromatic rings. The van der Waals surface area contributed by atoms with E-state index in [9.17, 15) is 14.4 Å². The molecule has 1 aromatic heterocycles. The number of hydrogen-bond acceptors (Lipinski definition) is 7. The van der Waals surface area contributed by atoms with E-state index in [-0.39, 0.29) is 48.1 Å². The van der Waals surface area contributed by atoms with Crippen molar-refractivity contribution in [2.75, 3.05) is 34.4 Å². The van der Waals surface area contributed by atoms with Gasteiger partial charge in [0.25, 0.3) is 0 Å². The lowest BCUT2D eigenvalue weighted by atomic mass is 9.89. The Balaban J connectivity index is 2.12. The highest BCUT2D eigenvalue weighted by molar-refractivity contribution is 5.82. The zero-order valence-electron chi connectivity index (χ0n) is 26.3. The van der Waals surface area contributed by atoms with Crippen LogP contribution in [0.4, 0.5) is 0 Å². The summed E-state index contributed by atoms with van der Waals surface area (Å²) >= 11 is 0. The molecule has 3 amide bonds. The van der Waals surface area contributed by atoms with Crippen molar-refractivity contribution in [1.82, 2.24) is 20.1 Å². The summed E-state index contributed by atoms with van der Waals surface area (Å²) in [5, 5.41) is 3.02. The Bertz CT molecular complexity index is 961. The van der Waals surface area contributed by atoms with Gasteiger partial charge in [0.2, 0.25) is 17.7 Å². The Kier molecular flexibility index (Phi) is 14.2. The monoisotopic (exact) mass is 575 g/mol. The summed E-state index contributed by atoms with van der Waals surface area (Å²) in [6, 6.07) is 2.71. The second-order valence-electron chi connectivity index (χ2n) is 11.8. The zero-order valence-corrected chi connectivity index (χ0v) is 26.3. The fraction of sp³-hybridized carbons (Fsp3) is 0.742. The Hall–Kier alpha value is -2.56. The number of pyridine rings is 1. The maximum Gasteiger partial charge on any atom is 0.239 e. The molecule has 0 radical (unpaired) electrons. The summed E-state index contributed by atoms with van der Waals surface area (Å²) in [7, 11) is 4.94. The number of carbonyl (C=O) groups excluding carboxylic acids is 3. The molecule has 1 fully saturated rings. The first kappa shape index (κ1) is 34.6. The van der Waals surface area contributed by atoms with Crippen LogP contribution < -0.4 is 11.1 Å². The zero-order chi connectivity index (χ0) is 30.7. The van der Waals surface area contributed by atoms with Gasteiger partial charge < -0.3 is 30.3 Å². The van der Waals surface area contributed by atoms with Gasteiger partial charge in [0, 0.05) is 46.8 Å². The molecular weight excluding hydrogens is 522 g/mol. The van der Waals surface area contributed by atoms with Crippen LogP contribution in [0, 0.1) is 17.8 Å². The lowest BCUT2D eigenvalue weighted by molar-refractivity contribution is -0.146. The van der Waals surface area contributed by atoms with E-state index in [1.807, 2.05) is 37.8 Å². The number of amides is 3. The average Bonchev–Trinajstić information content (AvgIpc) is 3.46. The number of aromatic nitrogens is 1. The van der Waals surface area contributed by atoms with Crippen LogP contribution in [0.15, 0.2) is 24.5 Å². The molecule has 1 saturated heterocycles. The first-order valence-corrected chi connectivity index (χ1v) is 15.0. The van der Waals surface area contributed by atoms with Gasteiger partial charge in [-0.1, -0.05) is 41.0 Å². The Morgan fingerprint density at radius 3 is 2.37 bits per heavy atom. The van der Waals surface area contributed by atoms with E-state index in [1.54, 1.807) is 38.6 Å². The molecule has 0 bridgehead atoms. The third-order valence-corrected chi connectivity index (χ3v) is 8.72. The largest absolute Gasteiger partial charge is 0.379 e. The summed E-state index contributed by atoms with van der Waals surface area (Å²) in [5.41, 5.74) is 7.31. The Morgan fingerprint density at radius 2 is 1.80 bits per heavy atom. The summed E-state index contributed by atoms with van der Waals surface area (Å²) in [6.07, 6.45) is 5.78. The standard InChI is InChI=1S/C31H53N5O5/c1-9-21(4)28(35(6)31(39)27(32)20(2)3)25(40-7)19-26(37)36-18-10-11-24(36)29(41-8)22(5)30(38)34-17-14-23-12-15-33-16-13-23/h12-13,15-16,20-22,24-25,27-29H,9-11,14,17-19,32H2,1-8H3,(H,34,38)/t21-,22+,24-,25+,27-,28-,29+/m0/s1. The van der Waals surface area contributed by atoms with Crippen LogP contribution in [-0.4, -0.2) is 97.2 Å². The van der Waals surface area contributed by atoms with E-state index in [4.69, 9.17) is 15.2 Å². The van der Waals surface area contributed by atoms with Crippen molar-refractivity contribution in [3.8, 4) is 0 Å². The molecule has 10 nitrogen and oxygen atoms in total. The van der Waals surface area contributed by atoms with E-state index in [0.29, 0.717) is 19.5 Å². The number of ether oxygens (including phenoxy) is 2. The quantitative estimate of drug-likeness (QED) is 0.310. The first-order valence-electron chi connectivity index (χ1n) is 15.0. The summed E-state index contributed by atoms with van der Waals surface area (Å²) in [6.45, 7) is 10.9. The summed E-state index contributed by atoms with van der Waals surface area (Å²) in [5.74, 6) is -0.660. The van der Waals surface area contributed by atoms with E-state index in [0.717, 1.165) is 24.8 Å².